The zero-order valence-electron chi connectivity index (χ0n) is 21.5. The highest BCUT2D eigenvalue weighted by Crippen LogP contribution is 2.43. The Hall–Kier alpha value is -3.55. The monoisotopic (exact) mass is 512 g/mol. The molecule has 4 aromatic rings. The van der Waals surface area contributed by atoms with E-state index in [1.165, 1.54) is 26.6 Å². The van der Waals surface area contributed by atoms with Crippen molar-refractivity contribution in [2.24, 2.45) is 0 Å². The summed E-state index contributed by atoms with van der Waals surface area (Å²) in [6, 6.07) is 20.1. The molecular weight excluding hydrogens is 480 g/mol. The average molecular weight is 513 g/mol. The molecule has 7 heteroatoms. The Bertz CT molecular complexity index is 1420. The molecular formula is C30H32N4O2S. The molecule has 2 aliphatic heterocycles. The number of ether oxygens (including phenoxy) is 1. The van der Waals surface area contributed by atoms with Crippen molar-refractivity contribution < 1.29 is 9.53 Å². The molecule has 0 bridgehead atoms. The van der Waals surface area contributed by atoms with E-state index in [1.54, 1.807) is 7.11 Å². The van der Waals surface area contributed by atoms with Crippen LogP contribution in [0.15, 0.2) is 66.9 Å². The number of hydrogen-bond donors (Lipinski definition) is 1. The lowest BCUT2D eigenvalue weighted by Gasteiger charge is -2.32. The van der Waals surface area contributed by atoms with Gasteiger partial charge in [0.25, 0.3) is 0 Å². The van der Waals surface area contributed by atoms with Gasteiger partial charge in [-0.15, -0.1) is 11.3 Å². The standard InChI is InChI=1S/C30H32N4O2S/c1-4-20-7-11-22(12-8-20)31-30(35)34-18-25-24-15-17-32(2)19-27(24)37-29(25)33-16-5-6-26(33)28(34)21-9-13-23(36-3)14-10-21/h5-14,16,28H,4,15,17-19H2,1-3H3,(H,31,35)/t28-/m0/s1. The fourth-order valence-electron chi connectivity index (χ4n) is 5.51. The molecule has 1 N–H and O–H groups in total. The summed E-state index contributed by atoms with van der Waals surface area (Å²) in [5, 5.41) is 4.43. The Morgan fingerprint density at radius 1 is 1.05 bits per heavy atom. The minimum absolute atomic E-state index is 0.0986. The summed E-state index contributed by atoms with van der Waals surface area (Å²) >= 11 is 1.87. The van der Waals surface area contributed by atoms with Gasteiger partial charge in [0.05, 0.1) is 25.4 Å². The summed E-state index contributed by atoms with van der Waals surface area (Å²) in [4.78, 5) is 19.8. The fourth-order valence-corrected chi connectivity index (χ4v) is 6.95. The molecule has 37 heavy (non-hydrogen) atoms. The number of methoxy groups -OCH3 is 1. The molecule has 0 aliphatic carbocycles. The summed E-state index contributed by atoms with van der Waals surface area (Å²) in [5.41, 5.74) is 6.90. The van der Waals surface area contributed by atoms with Crippen molar-refractivity contribution in [3.05, 3.63) is 99.7 Å². The van der Waals surface area contributed by atoms with E-state index in [0.717, 1.165) is 48.6 Å². The highest BCUT2D eigenvalue weighted by atomic mass is 32.1. The van der Waals surface area contributed by atoms with Crippen molar-refractivity contribution >= 4 is 23.1 Å². The van der Waals surface area contributed by atoms with Crippen LogP contribution in [0.2, 0.25) is 0 Å². The number of hydrogen-bond acceptors (Lipinski definition) is 4. The minimum atomic E-state index is -0.239. The topological polar surface area (TPSA) is 49.7 Å². The molecule has 0 fully saturated rings. The van der Waals surface area contributed by atoms with Gasteiger partial charge in [0.2, 0.25) is 0 Å². The number of nitrogens with one attached hydrogen (secondary N) is 1. The van der Waals surface area contributed by atoms with Crippen LogP contribution in [-0.4, -0.2) is 41.1 Å². The molecule has 0 unspecified atom stereocenters. The van der Waals surface area contributed by atoms with E-state index in [0.29, 0.717) is 6.54 Å². The number of fused-ring (bicyclic) bond motifs is 5. The first-order chi connectivity index (χ1) is 18.1. The molecule has 190 valence electrons. The van der Waals surface area contributed by atoms with Crippen LogP contribution in [-0.2, 0) is 25.9 Å². The van der Waals surface area contributed by atoms with Crippen molar-refractivity contribution in [3.8, 4) is 10.8 Å². The van der Waals surface area contributed by atoms with Gasteiger partial charge in [-0.2, -0.15) is 0 Å². The Labute approximate surface area is 222 Å². The minimum Gasteiger partial charge on any atom is -0.497 e. The second-order valence-electron chi connectivity index (χ2n) is 9.86. The quantitative estimate of drug-likeness (QED) is 0.352. The zero-order chi connectivity index (χ0) is 25.5. The van der Waals surface area contributed by atoms with Crippen LogP contribution in [0.5, 0.6) is 5.75 Å². The second kappa shape index (κ2) is 9.72. The predicted molar refractivity (Wildman–Crippen MR) is 149 cm³/mol. The predicted octanol–water partition coefficient (Wildman–Crippen LogP) is 6.23. The number of urea groups is 1. The van der Waals surface area contributed by atoms with Gasteiger partial charge in [-0.3, -0.25) is 0 Å². The molecule has 2 aliphatic rings. The molecule has 2 amide bonds. The molecule has 6 rings (SSSR count). The van der Waals surface area contributed by atoms with Crippen molar-refractivity contribution in [3.63, 3.8) is 0 Å². The van der Waals surface area contributed by atoms with Crippen LogP contribution in [0.25, 0.3) is 5.00 Å². The molecule has 1 atom stereocenters. The third kappa shape index (κ3) is 4.32. The van der Waals surface area contributed by atoms with Crippen molar-refractivity contribution in [2.75, 3.05) is 26.0 Å². The van der Waals surface area contributed by atoms with Crippen LogP contribution in [0.4, 0.5) is 10.5 Å². The molecule has 0 radical (unpaired) electrons. The number of aromatic nitrogens is 1. The first-order valence-electron chi connectivity index (χ1n) is 12.9. The molecule has 4 heterocycles. The first-order valence-corrected chi connectivity index (χ1v) is 13.7. The van der Waals surface area contributed by atoms with E-state index in [9.17, 15) is 4.79 Å². The maximum Gasteiger partial charge on any atom is 0.322 e. The molecule has 0 saturated carbocycles. The lowest BCUT2D eigenvalue weighted by molar-refractivity contribution is 0.194. The van der Waals surface area contributed by atoms with Gasteiger partial charge in [-0.25, -0.2) is 4.79 Å². The lowest BCUT2D eigenvalue weighted by atomic mass is 10.00. The van der Waals surface area contributed by atoms with E-state index in [2.05, 4.69) is 71.4 Å². The molecule has 2 aromatic carbocycles. The number of likely N-dealkylation sites (N-methyl/N-ethyl adjacent to an activating group) is 1. The van der Waals surface area contributed by atoms with E-state index >= 15 is 0 Å². The maximum absolute atomic E-state index is 14.0. The number of carbonyl (C=O) groups excluding carboxylic acids is 1. The van der Waals surface area contributed by atoms with Gasteiger partial charge in [-0.1, -0.05) is 31.2 Å². The van der Waals surface area contributed by atoms with Crippen LogP contribution < -0.4 is 10.1 Å². The van der Waals surface area contributed by atoms with Gasteiger partial charge >= 0.3 is 6.03 Å². The number of thiophene rings is 1. The number of rotatable bonds is 4. The molecule has 2 aromatic heterocycles. The molecule has 0 saturated heterocycles. The van der Waals surface area contributed by atoms with Gasteiger partial charge < -0.3 is 24.4 Å². The van der Waals surface area contributed by atoms with Crippen molar-refractivity contribution in [1.29, 1.82) is 0 Å². The smallest absolute Gasteiger partial charge is 0.322 e. The number of aryl methyl sites for hydroxylation is 1. The Balaban J connectivity index is 1.46. The zero-order valence-corrected chi connectivity index (χ0v) is 22.3. The highest BCUT2D eigenvalue weighted by molar-refractivity contribution is 7.15. The lowest BCUT2D eigenvalue weighted by Crippen LogP contribution is -2.38. The number of nitrogens with zero attached hydrogens (tertiary/aromatic N) is 3. The van der Waals surface area contributed by atoms with Gasteiger partial charge in [0, 0.05) is 35.4 Å². The summed E-state index contributed by atoms with van der Waals surface area (Å²) in [6.07, 6.45) is 4.12. The normalized spacial score (nSPS) is 16.9. The van der Waals surface area contributed by atoms with E-state index in [1.807, 2.05) is 40.5 Å². The number of amides is 2. The SMILES string of the molecule is CCc1ccc(NC(=O)N2Cc3c(sc4c3CCN(C)C4)-n3cccc3[C@@H]2c2ccc(OC)cc2)cc1. The van der Waals surface area contributed by atoms with E-state index in [4.69, 9.17) is 4.74 Å². The number of benzene rings is 2. The Kier molecular flexibility index (Phi) is 6.26. The Morgan fingerprint density at radius 3 is 2.57 bits per heavy atom. The van der Waals surface area contributed by atoms with Crippen molar-refractivity contribution in [2.45, 2.75) is 38.9 Å². The first kappa shape index (κ1) is 23.8. The molecule has 0 spiro atoms. The third-order valence-corrected chi connectivity index (χ3v) is 8.82. The largest absolute Gasteiger partial charge is 0.497 e. The average Bonchev–Trinajstić information content (AvgIpc) is 3.50. The second-order valence-corrected chi connectivity index (χ2v) is 10.9. The summed E-state index contributed by atoms with van der Waals surface area (Å²) in [7, 11) is 3.85. The van der Waals surface area contributed by atoms with Gasteiger partial charge in [-0.05, 0) is 73.0 Å². The Morgan fingerprint density at radius 2 is 1.84 bits per heavy atom. The van der Waals surface area contributed by atoms with Crippen LogP contribution in [0.1, 0.15) is 45.8 Å². The van der Waals surface area contributed by atoms with Gasteiger partial charge in [0.1, 0.15) is 10.8 Å². The van der Waals surface area contributed by atoms with Gasteiger partial charge in [0.15, 0.2) is 0 Å². The highest BCUT2D eigenvalue weighted by Gasteiger charge is 2.36. The van der Waals surface area contributed by atoms with E-state index in [-0.39, 0.29) is 12.1 Å². The third-order valence-electron chi connectivity index (χ3n) is 7.56. The summed E-state index contributed by atoms with van der Waals surface area (Å²) in [6.45, 7) is 4.69. The number of carbonyl (C=O) groups is 1. The van der Waals surface area contributed by atoms with Crippen LogP contribution >= 0.6 is 11.3 Å². The molecule has 6 nitrogen and oxygen atoms in total. The fraction of sp³-hybridized carbons (Fsp3) is 0.300. The van der Waals surface area contributed by atoms with E-state index < -0.39 is 0 Å². The maximum atomic E-state index is 14.0. The summed E-state index contributed by atoms with van der Waals surface area (Å²) < 4.78 is 7.72. The van der Waals surface area contributed by atoms with Crippen molar-refractivity contribution in [1.82, 2.24) is 14.4 Å². The number of anilines is 1. The summed E-state index contributed by atoms with van der Waals surface area (Å²) in [5.74, 6) is 0.803. The van der Waals surface area contributed by atoms with Crippen LogP contribution in [0, 0.1) is 0 Å². The van der Waals surface area contributed by atoms with Crippen LogP contribution in [0.3, 0.4) is 0 Å².